The van der Waals surface area contributed by atoms with Gasteiger partial charge in [0.2, 0.25) is 10.9 Å². The van der Waals surface area contributed by atoms with Crippen molar-refractivity contribution in [2.24, 2.45) is 0 Å². The zero-order chi connectivity index (χ0) is 9.14. The number of rotatable bonds is 2. The van der Waals surface area contributed by atoms with Crippen LogP contribution in [0.2, 0.25) is 0 Å². The van der Waals surface area contributed by atoms with Crippen molar-refractivity contribution < 1.29 is 18.3 Å². The first-order valence-electron chi connectivity index (χ1n) is 3.76. The Morgan fingerprint density at radius 3 is 2.50 bits per heavy atom. The molecule has 0 aromatic carbocycles. The molecule has 0 saturated carbocycles. The lowest BCUT2D eigenvalue weighted by atomic mass is 10.1. The quantitative estimate of drug-likeness (QED) is 0.577. The molecule has 1 atom stereocenters. The summed E-state index contributed by atoms with van der Waals surface area (Å²) in [5.41, 5.74) is 0. The number of piperidine rings is 1. The molecule has 1 rings (SSSR count). The van der Waals surface area contributed by atoms with Crippen molar-refractivity contribution >= 4 is 16.9 Å². The van der Waals surface area contributed by atoms with Crippen molar-refractivity contribution in [3.8, 4) is 0 Å². The van der Waals surface area contributed by atoms with E-state index in [4.69, 9.17) is 5.11 Å². The van der Waals surface area contributed by atoms with Gasteiger partial charge >= 0.3 is 5.97 Å². The van der Waals surface area contributed by atoms with E-state index in [0.717, 1.165) is 17.1 Å². The van der Waals surface area contributed by atoms with E-state index in [1.807, 2.05) is 0 Å². The van der Waals surface area contributed by atoms with Crippen molar-refractivity contribution in [1.82, 2.24) is 4.31 Å². The monoisotopic (exact) mass is 193 g/mol. The fourth-order valence-electron chi connectivity index (χ4n) is 1.36. The fourth-order valence-corrected chi connectivity index (χ4v) is 2.11. The number of carboxylic acid groups (broad SMARTS) is 1. The topological polar surface area (TPSA) is 74.7 Å². The second-order valence-corrected chi connectivity index (χ2v) is 3.74. The summed E-state index contributed by atoms with van der Waals surface area (Å²) in [7, 11) is -2.74. The molecule has 1 aliphatic rings. The van der Waals surface area contributed by atoms with Crippen molar-refractivity contribution in [3.05, 3.63) is 0 Å². The van der Waals surface area contributed by atoms with Gasteiger partial charge in [-0.3, -0.25) is 4.79 Å². The van der Waals surface area contributed by atoms with E-state index in [9.17, 15) is 13.2 Å². The van der Waals surface area contributed by atoms with Gasteiger partial charge in [0.25, 0.3) is 0 Å². The van der Waals surface area contributed by atoms with E-state index < -0.39 is 22.9 Å². The predicted octanol–water partition coefficient (Wildman–Crippen LogP) is -0.548. The molecule has 0 aromatic rings. The van der Waals surface area contributed by atoms with Crippen LogP contribution in [0.5, 0.6) is 0 Å². The lowest BCUT2D eigenvalue weighted by Gasteiger charge is -2.27. The molecule has 1 N–H and O–H groups in total. The summed E-state index contributed by atoms with van der Waals surface area (Å²) in [6.07, 6.45) is 1.97. The molecule has 0 bridgehead atoms. The average molecular weight is 193 g/mol. The van der Waals surface area contributed by atoms with Crippen molar-refractivity contribution in [2.75, 3.05) is 6.54 Å². The summed E-state index contributed by atoms with van der Waals surface area (Å²) < 4.78 is 22.2. The molecule has 0 aromatic heterocycles. The fraction of sp³-hybridized carbons (Fsp3) is 0.833. The van der Waals surface area contributed by atoms with Crippen LogP contribution in [0.15, 0.2) is 0 Å². The van der Waals surface area contributed by atoms with E-state index in [1.165, 1.54) is 0 Å². The molecule has 0 spiro atoms. The standard InChI is InChI=1S/C6H11NO4S/c8-6(9)5-3-1-2-4-7(5)12(10)11/h5,12H,1-4H2,(H,8,9). The molecule has 6 heteroatoms. The minimum atomic E-state index is -2.74. The number of hydrogen-bond acceptors (Lipinski definition) is 3. The van der Waals surface area contributed by atoms with E-state index in [2.05, 4.69) is 0 Å². The maximum absolute atomic E-state index is 10.6. The van der Waals surface area contributed by atoms with Crippen LogP contribution in [-0.4, -0.2) is 36.4 Å². The second kappa shape index (κ2) is 3.86. The largest absolute Gasteiger partial charge is 0.480 e. The third-order valence-electron chi connectivity index (χ3n) is 1.97. The molecule has 0 aliphatic carbocycles. The Morgan fingerprint density at radius 1 is 1.42 bits per heavy atom. The van der Waals surface area contributed by atoms with Crippen LogP contribution in [0.4, 0.5) is 0 Å². The SMILES string of the molecule is O=C(O)C1CCCCN1[SH](=O)=O. The van der Waals surface area contributed by atoms with Crippen LogP contribution in [0.1, 0.15) is 19.3 Å². The van der Waals surface area contributed by atoms with Gasteiger partial charge in [0.15, 0.2) is 0 Å². The van der Waals surface area contributed by atoms with Crippen LogP contribution in [0.3, 0.4) is 0 Å². The van der Waals surface area contributed by atoms with Crippen LogP contribution >= 0.6 is 0 Å². The summed E-state index contributed by atoms with van der Waals surface area (Å²) in [4.78, 5) is 10.6. The predicted molar refractivity (Wildman–Crippen MR) is 42.3 cm³/mol. The Balaban J connectivity index is 2.73. The molecule has 1 heterocycles. The zero-order valence-electron chi connectivity index (χ0n) is 6.47. The van der Waals surface area contributed by atoms with Gasteiger partial charge in [-0.2, -0.15) is 4.31 Å². The highest BCUT2D eigenvalue weighted by molar-refractivity contribution is 7.69. The minimum absolute atomic E-state index is 0.343. The Hall–Kier alpha value is -0.620. The first-order chi connectivity index (χ1) is 5.63. The van der Waals surface area contributed by atoms with E-state index in [1.54, 1.807) is 0 Å². The normalized spacial score (nSPS) is 25.9. The highest BCUT2D eigenvalue weighted by atomic mass is 32.2. The second-order valence-electron chi connectivity index (χ2n) is 2.75. The summed E-state index contributed by atoms with van der Waals surface area (Å²) in [5.74, 6) is -1.05. The van der Waals surface area contributed by atoms with Crippen molar-refractivity contribution in [2.45, 2.75) is 25.3 Å². The van der Waals surface area contributed by atoms with Crippen LogP contribution < -0.4 is 0 Å². The van der Waals surface area contributed by atoms with Crippen molar-refractivity contribution in [3.63, 3.8) is 0 Å². The highest BCUT2D eigenvalue weighted by Gasteiger charge is 2.29. The van der Waals surface area contributed by atoms with E-state index in [-0.39, 0.29) is 0 Å². The third kappa shape index (κ3) is 1.95. The van der Waals surface area contributed by atoms with Gasteiger partial charge in [0.1, 0.15) is 6.04 Å². The molecule has 1 aliphatic heterocycles. The van der Waals surface area contributed by atoms with Gasteiger partial charge in [0.05, 0.1) is 0 Å². The third-order valence-corrected chi connectivity index (χ3v) is 2.87. The Kier molecular flexibility index (Phi) is 3.05. The lowest BCUT2D eigenvalue weighted by Crippen LogP contribution is -2.43. The van der Waals surface area contributed by atoms with Crippen LogP contribution in [0, 0.1) is 0 Å². The van der Waals surface area contributed by atoms with Gasteiger partial charge in [-0.05, 0) is 19.3 Å². The Morgan fingerprint density at radius 2 is 2.08 bits per heavy atom. The number of carboxylic acids is 1. The summed E-state index contributed by atoms with van der Waals surface area (Å²) in [5, 5.41) is 8.65. The number of hydrogen-bond donors (Lipinski definition) is 2. The smallest absolute Gasteiger partial charge is 0.321 e. The molecule has 5 nitrogen and oxygen atoms in total. The summed E-state index contributed by atoms with van der Waals surface area (Å²) >= 11 is 0. The Bertz CT molecular complexity index is 242. The van der Waals surface area contributed by atoms with E-state index in [0.29, 0.717) is 13.0 Å². The minimum Gasteiger partial charge on any atom is -0.480 e. The van der Waals surface area contributed by atoms with Gasteiger partial charge in [-0.1, -0.05) is 0 Å². The molecule has 0 amide bonds. The maximum Gasteiger partial charge on any atom is 0.321 e. The average Bonchev–Trinajstić information content (AvgIpc) is 2.04. The van der Waals surface area contributed by atoms with Crippen LogP contribution in [-0.2, 0) is 15.7 Å². The molecular formula is C6H11NO4S. The number of nitrogens with zero attached hydrogens (tertiary/aromatic N) is 1. The van der Waals surface area contributed by atoms with E-state index >= 15 is 0 Å². The summed E-state index contributed by atoms with van der Waals surface area (Å²) in [6.45, 7) is 0.343. The molecule has 0 radical (unpaired) electrons. The summed E-state index contributed by atoms with van der Waals surface area (Å²) in [6, 6.07) is -0.833. The number of thiol groups is 1. The Labute approximate surface area is 72.1 Å². The molecule has 1 fully saturated rings. The number of aliphatic carboxylic acids is 1. The van der Waals surface area contributed by atoms with Gasteiger partial charge < -0.3 is 5.11 Å². The zero-order valence-corrected chi connectivity index (χ0v) is 7.37. The highest BCUT2D eigenvalue weighted by Crippen LogP contribution is 2.16. The molecular weight excluding hydrogens is 182 g/mol. The van der Waals surface area contributed by atoms with Crippen molar-refractivity contribution in [1.29, 1.82) is 0 Å². The maximum atomic E-state index is 10.6. The van der Waals surface area contributed by atoms with Gasteiger partial charge in [-0.15, -0.1) is 0 Å². The molecule has 1 unspecified atom stereocenters. The van der Waals surface area contributed by atoms with Gasteiger partial charge in [0, 0.05) is 6.54 Å². The van der Waals surface area contributed by atoms with Crippen LogP contribution in [0.25, 0.3) is 0 Å². The first kappa shape index (κ1) is 9.47. The molecule has 12 heavy (non-hydrogen) atoms. The lowest BCUT2D eigenvalue weighted by molar-refractivity contribution is -0.142. The first-order valence-corrected chi connectivity index (χ1v) is 4.89. The number of carbonyl (C=O) groups is 1. The van der Waals surface area contributed by atoms with Gasteiger partial charge in [-0.25, -0.2) is 8.42 Å². The molecule has 1 saturated heterocycles. The molecule has 70 valence electrons.